The molecule has 0 saturated carbocycles. The van der Waals surface area contributed by atoms with Gasteiger partial charge in [-0.2, -0.15) is 0 Å². The van der Waals surface area contributed by atoms with Gasteiger partial charge in [0.15, 0.2) is 0 Å². The third kappa shape index (κ3) is 5.30. The Labute approximate surface area is 183 Å². The maximum Gasteiger partial charge on any atom is 0.222 e. The standard InChI is InChI=1S/C25H28ClFN2O/c26-22(15-19-5-2-1-3-6-19)18-28-13-12-24-21(17-28)9-10-25(30)29(24)14-11-20-7-4-8-23(27)16-20/h1-8,15-16,21,24H,9-14,17-18H2/t21-,24+/m1/s1. The van der Waals surface area contributed by atoms with Crippen molar-refractivity contribution in [3.05, 3.63) is 76.6 Å². The predicted molar refractivity (Wildman–Crippen MR) is 120 cm³/mol. The molecule has 0 unspecified atom stereocenters. The van der Waals surface area contributed by atoms with Gasteiger partial charge in [0.05, 0.1) is 0 Å². The second-order valence-electron chi connectivity index (χ2n) is 8.36. The van der Waals surface area contributed by atoms with Crippen molar-refractivity contribution in [3.63, 3.8) is 0 Å². The molecule has 2 fully saturated rings. The number of likely N-dealkylation sites (tertiary alicyclic amines) is 2. The third-order valence-electron chi connectivity index (χ3n) is 6.26. The summed E-state index contributed by atoms with van der Waals surface area (Å²) in [6.07, 6.45) is 5.24. The zero-order valence-corrected chi connectivity index (χ0v) is 17.9. The molecule has 4 rings (SSSR count). The van der Waals surface area contributed by atoms with Crippen LogP contribution in [-0.4, -0.2) is 47.9 Å². The summed E-state index contributed by atoms with van der Waals surface area (Å²) in [6.45, 7) is 3.31. The van der Waals surface area contributed by atoms with Gasteiger partial charge in [-0.25, -0.2) is 4.39 Å². The lowest BCUT2D eigenvalue weighted by molar-refractivity contribution is -0.140. The highest BCUT2D eigenvalue weighted by Crippen LogP contribution is 2.32. The molecule has 0 aromatic heterocycles. The third-order valence-corrected chi connectivity index (χ3v) is 6.48. The number of rotatable bonds is 6. The van der Waals surface area contributed by atoms with Crippen LogP contribution in [0, 0.1) is 11.7 Å². The van der Waals surface area contributed by atoms with Crippen LogP contribution in [0.5, 0.6) is 0 Å². The maximum atomic E-state index is 13.5. The highest BCUT2D eigenvalue weighted by Gasteiger charge is 2.38. The summed E-state index contributed by atoms with van der Waals surface area (Å²) in [5, 5.41) is 0.842. The Hall–Kier alpha value is -2.17. The lowest BCUT2D eigenvalue weighted by Crippen LogP contribution is -2.56. The molecule has 158 valence electrons. The zero-order chi connectivity index (χ0) is 20.9. The number of benzene rings is 2. The largest absolute Gasteiger partial charge is 0.339 e. The molecule has 2 aliphatic heterocycles. The van der Waals surface area contributed by atoms with Crippen LogP contribution in [0.1, 0.15) is 30.4 Å². The number of nitrogens with zero attached hydrogens (tertiary/aromatic N) is 2. The summed E-state index contributed by atoms with van der Waals surface area (Å²) < 4.78 is 13.5. The van der Waals surface area contributed by atoms with Gasteiger partial charge in [-0.15, -0.1) is 0 Å². The van der Waals surface area contributed by atoms with Crippen LogP contribution >= 0.6 is 11.6 Å². The number of halogens is 2. The first-order chi connectivity index (χ1) is 14.6. The number of fused-ring (bicyclic) bond motifs is 1. The van der Waals surface area contributed by atoms with Crippen LogP contribution in [0.2, 0.25) is 0 Å². The van der Waals surface area contributed by atoms with E-state index in [4.69, 9.17) is 11.6 Å². The maximum absolute atomic E-state index is 13.5. The first-order valence-electron chi connectivity index (χ1n) is 10.8. The van der Waals surface area contributed by atoms with Crippen molar-refractivity contribution < 1.29 is 9.18 Å². The fraction of sp³-hybridized carbons (Fsp3) is 0.400. The lowest BCUT2D eigenvalue weighted by Gasteiger charge is -2.47. The number of amides is 1. The molecule has 0 bridgehead atoms. The number of piperidine rings is 2. The Balaban J connectivity index is 1.35. The quantitative estimate of drug-likeness (QED) is 0.651. The average molecular weight is 427 g/mol. The lowest BCUT2D eigenvalue weighted by atomic mass is 9.83. The van der Waals surface area contributed by atoms with E-state index in [-0.39, 0.29) is 17.8 Å². The molecule has 1 amide bonds. The number of hydrogen-bond acceptors (Lipinski definition) is 2. The molecule has 5 heteroatoms. The van der Waals surface area contributed by atoms with Gasteiger partial charge in [-0.05, 0) is 54.5 Å². The Morgan fingerprint density at radius 2 is 1.97 bits per heavy atom. The minimum atomic E-state index is -0.218. The number of carbonyl (C=O) groups is 1. The molecule has 0 aliphatic carbocycles. The first-order valence-corrected chi connectivity index (χ1v) is 11.1. The highest BCUT2D eigenvalue weighted by molar-refractivity contribution is 6.31. The zero-order valence-electron chi connectivity index (χ0n) is 17.1. The van der Waals surface area contributed by atoms with Crippen molar-refractivity contribution in [2.45, 2.75) is 31.7 Å². The molecule has 2 aromatic carbocycles. The van der Waals surface area contributed by atoms with Crippen molar-refractivity contribution in [2.24, 2.45) is 5.92 Å². The van der Waals surface area contributed by atoms with Gasteiger partial charge in [0.1, 0.15) is 5.82 Å². The Kier molecular flexibility index (Phi) is 6.86. The molecule has 2 heterocycles. The molecule has 2 saturated heterocycles. The second-order valence-corrected chi connectivity index (χ2v) is 8.84. The monoisotopic (exact) mass is 426 g/mol. The average Bonchev–Trinajstić information content (AvgIpc) is 2.74. The summed E-state index contributed by atoms with van der Waals surface area (Å²) >= 11 is 6.53. The number of hydrogen-bond donors (Lipinski definition) is 0. The van der Waals surface area contributed by atoms with Crippen molar-refractivity contribution >= 4 is 23.6 Å². The predicted octanol–water partition coefficient (Wildman–Crippen LogP) is 4.96. The van der Waals surface area contributed by atoms with Crippen molar-refractivity contribution in [2.75, 3.05) is 26.2 Å². The van der Waals surface area contributed by atoms with Gasteiger partial charge < -0.3 is 4.90 Å². The van der Waals surface area contributed by atoms with Gasteiger partial charge >= 0.3 is 0 Å². The summed E-state index contributed by atoms with van der Waals surface area (Å²) in [5.74, 6) is 0.498. The normalized spacial score (nSPS) is 22.8. The molecule has 3 nitrogen and oxygen atoms in total. The van der Waals surface area contributed by atoms with E-state index in [0.29, 0.717) is 25.3 Å². The van der Waals surface area contributed by atoms with Gasteiger partial charge in [0.2, 0.25) is 5.91 Å². The van der Waals surface area contributed by atoms with Crippen LogP contribution in [0.3, 0.4) is 0 Å². The van der Waals surface area contributed by atoms with E-state index >= 15 is 0 Å². The molecular formula is C25H28ClFN2O. The van der Waals surface area contributed by atoms with Gasteiger partial charge in [-0.3, -0.25) is 9.69 Å². The van der Waals surface area contributed by atoms with E-state index in [1.54, 1.807) is 12.1 Å². The Morgan fingerprint density at radius 3 is 2.77 bits per heavy atom. The fourth-order valence-electron chi connectivity index (χ4n) is 4.79. The van der Waals surface area contributed by atoms with E-state index in [9.17, 15) is 9.18 Å². The summed E-state index contributed by atoms with van der Waals surface area (Å²) in [4.78, 5) is 17.1. The molecule has 2 aliphatic rings. The molecule has 0 spiro atoms. The van der Waals surface area contributed by atoms with Crippen LogP contribution < -0.4 is 0 Å². The van der Waals surface area contributed by atoms with E-state index in [1.165, 1.54) is 6.07 Å². The fourth-order valence-corrected chi connectivity index (χ4v) is 5.09. The van der Waals surface area contributed by atoms with Gasteiger partial charge in [-0.1, -0.05) is 54.1 Å². The first kappa shape index (κ1) is 21.1. The van der Waals surface area contributed by atoms with Crippen LogP contribution in [0.25, 0.3) is 6.08 Å². The van der Waals surface area contributed by atoms with E-state index in [2.05, 4.69) is 21.9 Å². The van der Waals surface area contributed by atoms with Crippen LogP contribution in [0.4, 0.5) is 4.39 Å². The highest BCUT2D eigenvalue weighted by atomic mass is 35.5. The van der Waals surface area contributed by atoms with Crippen molar-refractivity contribution in [1.29, 1.82) is 0 Å². The molecule has 0 radical (unpaired) electrons. The number of carbonyl (C=O) groups excluding carboxylic acids is 1. The summed E-state index contributed by atoms with van der Waals surface area (Å²) in [5.41, 5.74) is 2.06. The summed E-state index contributed by atoms with van der Waals surface area (Å²) in [7, 11) is 0. The Morgan fingerprint density at radius 1 is 1.13 bits per heavy atom. The molecule has 2 aromatic rings. The van der Waals surface area contributed by atoms with E-state index < -0.39 is 0 Å². The van der Waals surface area contributed by atoms with Crippen LogP contribution in [0.15, 0.2) is 59.6 Å². The molecule has 0 N–H and O–H groups in total. The molecule has 2 atom stereocenters. The summed E-state index contributed by atoms with van der Waals surface area (Å²) in [6, 6.07) is 17.1. The Bertz CT molecular complexity index is 901. The minimum Gasteiger partial charge on any atom is -0.339 e. The molecule has 30 heavy (non-hydrogen) atoms. The van der Waals surface area contributed by atoms with Crippen molar-refractivity contribution in [1.82, 2.24) is 9.80 Å². The molecular weight excluding hydrogens is 399 g/mol. The topological polar surface area (TPSA) is 23.6 Å². The van der Waals surface area contributed by atoms with Crippen molar-refractivity contribution in [3.8, 4) is 0 Å². The van der Waals surface area contributed by atoms with Gasteiger partial charge in [0.25, 0.3) is 0 Å². The van der Waals surface area contributed by atoms with Gasteiger partial charge in [0, 0.05) is 43.7 Å². The smallest absolute Gasteiger partial charge is 0.222 e. The van der Waals surface area contributed by atoms with E-state index in [1.807, 2.05) is 30.3 Å². The van der Waals surface area contributed by atoms with Crippen LogP contribution in [-0.2, 0) is 11.2 Å². The second kappa shape index (κ2) is 9.76. The minimum absolute atomic E-state index is 0.218. The van der Waals surface area contributed by atoms with E-state index in [0.717, 1.165) is 48.6 Å². The SMILES string of the molecule is O=C1CC[C@@H]2CN(CC(Cl)=Cc3ccccc3)CC[C@@H]2N1CCc1cccc(F)c1.